The summed E-state index contributed by atoms with van der Waals surface area (Å²) in [6.07, 6.45) is 4.27. The van der Waals surface area contributed by atoms with Crippen LogP contribution in [0.5, 0.6) is 0 Å². The number of nitrogens with zero attached hydrogens (tertiary/aromatic N) is 3. The molecule has 2 aromatic carbocycles. The number of thioether (sulfide) groups is 1. The van der Waals surface area contributed by atoms with Crippen LogP contribution in [0, 0.1) is 16.9 Å². The maximum Gasteiger partial charge on any atom is 0.265 e. The van der Waals surface area contributed by atoms with Crippen molar-refractivity contribution in [2.24, 2.45) is 27.4 Å². The van der Waals surface area contributed by atoms with E-state index in [4.69, 9.17) is 11.4 Å². The zero-order valence-corrected chi connectivity index (χ0v) is 22.8. The zero-order valence-electron chi connectivity index (χ0n) is 21.9. The first-order chi connectivity index (χ1) is 17.7. The molecule has 0 radical (unpaired) electrons. The highest BCUT2D eigenvalue weighted by Crippen LogP contribution is 2.39. The molecule has 1 aliphatic carbocycles. The van der Waals surface area contributed by atoms with Crippen LogP contribution in [-0.4, -0.2) is 34.5 Å². The summed E-state index contributed by atoms with van der Waals surface area (Å²) in [5.41, 5.74) is 9.83. The van der Waals surface area contributed by atoms with Gasteiger partial charge in [-0.25, -0.2) is 5.53 Å². The van der Waals surface area contributed by atoms with Crippen LogP contribution >= 0.6 is 11.8 Å². The highest BCUT2D eigenvalue weighted by Gasteiger charge is 2.33. The van der Waals surface area contributed by atoms with Gasteiger partial charge in [0, 0.05) is 23.9 Å². The van der Waals surface area contributed by atoms with Gasteiger partial charge < -0.3 is 10.7 Å². The number of carbonyl (C=O) groups excluding carboxylic acids is 2. The summed E-state index contributed by atoms with van der Waals surface area (Å²) in [5, 5.41) is 8.69. The molecule has 1 fully saturated rings. The number of nitrogens with two attached hydrogens (primary N) is 1. The van der Waals surface area contributed by atoms with E-state index < -0.39 is 5.91 Å². The van der Waals surface area contributed by atoms with Crippen molar-refractivity contribution in [1.82, 2.24) is 10.2 Å². The van der Waals surface area contributed by atoms with Gasteiger partial charge in [-0.3, -0.25) is 14.9 Å². The van der Waals surface area contributed by atoms with E-state index >= 15 is 0 Å². The summed E-state index contributed by atoms with van der Waals surface area (Å²) in [6, 6.07) is 17.6. The maximum absolute atomic E-state index is 13.5. The monoisotopic (exact) mass is 522 g/mol. The van der Waals surface area contributed by atoms with Crippen molar-refractivity contribution in [1.29, 1.82) is 5.53 Å². The fourth-order valence-corrected chi connectivity index (χ4v) is 5.68. The Hall–Kier alpha value is -3.20. The number of carbonyl (C=O) groups is 2. The molecule has 3 rings (SSSR count). The van der Waals surface area contributed by atoms with Gasteiger partial charge in [0.15, 0.2) is 0 Å². The van der Waals surface area contributed by atoms with Gasteiger partial charge in [-0.05, 0) is 60.3 Å². The lowest BCUT2D eigenvalue weighted by Crippen LogP contribution is -2.44. The predicted octanol–water partition coefficient (Wildman–Crippen LogP) is 5.54. The Morgan fingerprint density at radius 3 is 2.24 bits per heavy atom. The molecule has 2 amide bonds. The Morgan fingerprint density at radius 2 is 1.68 bits per heavy atom. The minimum absolute atomic E-state index is 0.155. The average molecular weight is 523 g/mol. The highest BCUT2D eigenvalue weighted by atomic mass is 32.2. The first-order valence-corrected chi connectivity index (χ1v) is 13.8. The molecule has 0 saturated heterocycles. The molecule has 1 saturated carbocycles. The Morgan fingerprint density at radius 1 is 1.03 bits per heavy atom. The third-order valence-electron chi connectivity index (χ3n) is 7.04. The van der Waals surface area contributed by atoms with Gasteiger partial charge in [-0.1, -0.05) is 63.2 Å². The van der Waals surface area contributed by atoms with Crippen molar-refractivity contribution in [2.45, 2.75) is 64.8 Å². The molecule has 0 aromatic heterocycles. The molecule has 0 bridgehead atoms. The van der Waals surface area contributed by atoms with Crippen molar-refractivity contribution >= 4 is 29.5 Å². The van der Waals surface area contributed by atoms with Gasteiger partial charge in [-0.15, -0.1) is 22.0 Å². The summed E-state index contributed by atoms with van der Waals surface area (Å²) in [4.78, 5) is 27.9. The topological polar surface area (TPSA) is 124 Å². The first kappa shape index (κ1) is 28.4. The van der Waals surface area contributed by atoms with Crippen LogP contribution in [0.2, 0.25) is 0 Å². The number of rotatable bonds is 8. The predicted molar refractivity (Wildman–Crippen MR) is 149 cm³/mol. The molecule has 9 heteroatoms. The smallest absolute Gasteiger partial charge is 0.265 e. The normalized spacial score (nSPS) is 18.2. The minimum Gasteiger partial charge on any atom is -0.335 e. The van der Waals surface area contributed by atoms with E-state index in [0.29, 0.717) is 23.8 Å². The fraction of sp³-hybridized carbons (Fsp3) is 0.464. The molecule has 4 N–H and O–H groups in total. The Kier molecular flexibility index (Phi) is 10.3. The second kappa shape index (κ2) is 13.4. The van der Waals surface area contributed by atoms with E-state index in [1.165, 1.54) is 5.56 Å². The standard InChI is InChI=1S/C28H38N6O2S/c1-28(2,3)23-13-15-24(16-14-23)34(25(35)19-37-18-21-7-5-4-6-8-21)17-20-9-11-22(12-10-20)26(36)31-27(32-29)33-30/h4-12,23-24,29H,13-19,30H2,1-3H3,(H,31,33,36). The molecule has 2 aromatic rings. The Balaban J connectivity index is 1.68. The SMILES string of the molecule is CC(C)(C)C1CCC(N(Cc2ccc(C(=O)N/C(N=N)=N/N)cc2)C(=O)CSCc2ccccc2)CC1. The lowest BCUT2D eigenvalue weighted by molar-refractivity contribution is -0.132. The van der Waals surface area contributed by atoms with E-state index in [9.17, 15) is 9.59 Å². The van der Waals surface area contributed by atoms with E-state index in [-0.39, 0.29) is 23.3 Å². The maximum atomic E-state index is 13.5. The molecule has 1 aliphatic rings. The Labute approximate surface area is 224 Å². The van der Waals surface area contributed by atoms with E-state index in [0.717, 1.165) is 37.0 Å². The summed E-state index contributed by atoms with van der Waals surface area (Å²) in [7, 11) is 0. The molecular weight excluding hydrogens is 484 g/mol. The third-order valence-corrected chi connectivity index (χ3v) is 8.03. The number of hydrazone groups is 1. The first-order valence-electron chi connectivity index (χ1n) is 12.7. The van der Waals surface area contributed by atoms with Crippen molar-refractivity contribution < 1.29 is 9.59 Å². The van der Waals surface area contributed by atoms with Crippen molar-refractivity contribution in [3.05, 3.63) is 71.3 Å². The average Bonchev–Trinajstić information content (AvgIpc) is 2.90. The lowest BCUT2D eigenvalue weighted by Gasteiger charge is -2.41. The second-order valence-electron chi connectivity index (χ2n) is 10.6. The Bertz CT molecular complexity index is 1070. The number of benzene rings is 2. The van der Waals surface area contributed by atoms with Crippen LogP contribution in [-0.2, 0) is 17.1 Å². The van der Waals surface area contributed by atoms with Crippen LogP contribution in [0.1, 0.15) is 67.9 Å². The van der Waals surface area contributed by atoms with Crippen LogP contribution < -0.4 is 11.2 Å². The van der Waals surface area contributed by atoms with Crippen LogP contribution in [0.15, 0.2) is 64.8 Å². The van der Waals surface area contributed by atoms with Crippen LogP contribution in [0.3, 0.4) is 0 Å². The molecule has 8 nitrogen and oxygen atoms in total. The fourth-order valence-electron chi connectivity index (χ4n) is 4.81. The third kappa shape index (κ3) is 8.42. The second-order valence-corrected chi connectivity index (χ2v) is 11.6. The molecule has 0 unspecified atom stereocenters. The molecule has 0 spiro atoms. The van der Waals surface area contributed by atoms with E-state index in [2.05, 4.69) is 48.4 Å². The molecule has 0 atom stereocenters. The summed E-state index contributed by atoms with van der Waals surface area (Å²) in [6.45, 7) is 7.42. The largest absolute Gasteiger partial charge is 0.335 e. The number of nitrogens with one attached hydrogen (secondary N) is 2. The lowest BCUT2D eigenvalue weighted by atomic mass is 9.71. The zero-order chi connectivity index (χ0) is 26.8. The molecule has 37 heavy (non-hydrogen) atoms. The number of guanidine groups is 1. The van der Waals surface area contributed by atoms with E-state index in [1.807, 2.05) is 35.2 Å². The van der Waals surface area contributed by atoms with Gasteiger partial charge in [0.25, 0.3) is 11.9 Å². The van der Waals surface area contributed by atoms with Gasteiger partial charge in [0.05, 0.1) is 5.75 Å². The van der Waals surface area contributed by atoms with Crippen LogP contribution in [0.25, 0.3) is 0 Å². The van der Waals surface area contributed by atoms with Crippen LogP contribution in [0.4, 0.5) is 0 Å². The molecule has 0 heterocycles. The molecule has 198 valence electrons. The van der Waals surface area contributed by atoms with Crippen molar-refractivity contribution in [3.8, 4) is 0 Å². The molecule has 0 aliphatic heterocycles. The number of amides is 2. The van der Waals surface area contributed by atoms with Gasteiger partial charge >= 0.3 is 0 Å². The molecular formula is C28H38N6O2S. The number of hydrogen-bond donors (Lipinski definition) is 3. The van der Waals surface area contributed by atoms with E-state index in [1.54, 1.807) is 23.9 Å². The highest BCUT2D eigenvalue weighted by molar-refractivity contribution is 7.99. The number of hydrogen-bond acceptors (Lipinski definition) is 6. The van der Waals surface area contributed by atoms with Crippen molar-refractivity contribution in [3.63, 3.8) is 0 Å². The van der Waals surface area contributed by atoms with Gasteiger partial charge in [0.1, 0.15) is 0 Å². The minimum atomic E-state index is -0.447. The van der Waals surface area contributed by atoms with Gasteiger partial charge in [-0.2, -0.15) is 0 Å². The van der Waals surface area contributed by atoms with Gasteiger partial charge in [0.2, 0.25) is 5.91 Å². The summed E-state index contributed by atoms with van der Waals surface area (Å²) < 4.78 is 0. The summed E-state index contributed by atoms with van der Waals surface area (Å²) >= 11 is 1.65. The summed E-state index contributed by atoms with van der Waals surface area (Å²) in [5.74, 6) is 6.47. The van der Waals surface area contributed by atoms with Crippen molar-refractivity contribution in [2.75, 3.05) is 5.75 Å². The quantitative estimate of drug-likeness (QED) is 0.138.